The Morgan fingerprint density at radius 2 is 1.37 bits per heavy atom. The molecule has 0 aromatic heterocycles. The molecule has 0 saturated heterocycles. The highest BCUT2D eigenvalue weighted by molar-refractivity contribution is 6.04. The zero-order valence-electron chi connectivity index (χ0n) is 16.5. The monoisotopic (exact) mass is 354 g/mol. The molecule has 136 valence electrons. The third-order valence-corrected chi connectivity index (χ3v) is 5.41. The lowest BCUT2D eigenvalue weighted by atomic mass is 9.84. The minimum Gasteiger partial charge on any atom is -0.374 e. The van der Waals surface area contributed by atoms with Crippen LogP contribution in [-0.4, -0.2) is 5.71 Å². The van der Waals surface area contributed by atoms with Gasteiger partial charge in [-0.2, -0.15) is 0 Å². The molecule has 2 nitrogen and oxygen atoms in total. The molecule has 27 heavy (non-hydrogen) atoms. The normalized spacial score (nSPS) is 18.9. The van der Waals surface area contributed by atoms with Crippen molar-refractivity contribution in [2.24, 2.45) is 4.99 Å². The number of anilines is 1. The van der Waals surface area contributed by atoms with E-state index in [0.29, 0.717) is 0 Å². The summed E-state index contributed by atoms with van der Waals surface area (Å²) in [6, 6.07) is 24.0. The van der Waals surface area contributed by atoms with Crippen LogP contribution >= 0.6 is 0 Å². The van der Waals surface area contributed by atoms with Gasteiger partial charge in [0.05, 0.1) is 22.6 Å². The maximum absolute atomic E-state index is 5.09. The van der Waals surface area contributed by atoms with E-state index in [2.05, 4.69) is 99.7 Å². The third-order valence-electron chi connectivity index (χ3n) is 5.41. The average molecular weight is 354 g/mol. The van der Waals surface area contributed by atoms with Crippen LogP contribution in [0.2, 0.25) is 0 Å². The molecule has 3 aromatic carbocycles. The van der Waals surface area contributed by atoms with Gasteiger partial charge in [-0.3, -0.25) is 4.99 Å². The van der Waals surface area contributed by atoms with Crippen LogP contribution in [0.4, 0.5) is 11.4 Å². The van der Waals surface area contributed by atoms with E-state index < -0.39 is 0 Å². The molecule has 0 aliphatic carbocycles. The van der Waals surface area contributed by atoms with E-state index in [1.165, 1.54) is 27.8 Å². The smallest absolute Gasteiger partial charge is 0.0867 e. The number of hydrogen-bond acceptors (Lipinski definition) is 2. The van der Waals surface area contributed by atoms with Crippen molar-refractivity contribution in [2.45, 2.75) is 39.7 Å². The Labute approximate surface area is 162 Å². The first-order valence-electron chi connectivity index (χ1n) is 9.54. The number of nitrogens with zero attached hydrogens (tertiary/aromatic N) is 1. The minimum atomic E-state index is -0.224. The maximum atomic E-state index is 5.09. The van der Waals surface area contributed by atoms with Crippen molar-refractivity contribution in [3.8, 4) is 0 Å². The fraction of sp³-hybridized carbons (Fsp3) is 0.240. The molecule has 0 saturated carbocycles. The van der Waals surface area contributed by atoms with E-state index in [1.54, 1.807) is 0 Å². The Bertz CT molecular complexity index is 997. The Morgan fingerprint density at radius 1 is 0.778 bits per heavy atom. The summed E-state index contributed by atoms with van der Waals surface area (Å²) in [6.45, 7) is 8.64. The van der Waals surface area contributed by atoms with Crippen LogP contribution in [0.5, 0.6) is 0 Å². The van der Waals surface area contributed by atoms with E-state index in [0.717, 1.165) is 23.5 Å². The van der Waals surface area contributed by atoms with Crippen LogP contribution < -0.4 is 5.32 Å². The highest BCUT2D eigenvalue weighted by Crippen LogP contribution is 2.39. The summed E-state index contributed by atoms with van der Waals surface area (Å²) >= 11 is 0. The molecule has 3 aromatic rings. The Kier molecular flexibility index (Phi) is 4.35. The van der Waals surface area contributed by atoms with E-state index in [-0.39, 0.29) is 5.54 Å². The third kappa shape index (κ3) is 3.52. The van der Waals surface area contributed by atoms with Crippen molar-refractivity contribution in [2.75, 3.05) is 5.32 Å². The summed E-state index contributed by atoms with van der Waals surface area (Å²) in [4.78, 5) is 5.09. The molecule has 1 aliphatic heterocycles. The Morgan fingerprint density at radius 3 is 2.04 bits per heavy atom. The van der Waals surface area contributed by atoms with E-state index in [1.807, 2.05) is 0 Å². The molecule has 4 rings (SSSR count). The summed E-state index contributed by atoms with van der Waals surface area (Å²) in [7, 11) is 0. The minimum absolute atomic E-state index is 0.224. The molecule has 1 N–H and O–H groups in total. The largest absolute Gasteiger partial charge is 0.374 e. The average Bonchev–Trinajstić information content (AvgIpc) is 2.79. The van der Waals surface area contributed by atoms with Gasteiger partial charge in [0.25, 0.3) is 0 Å². The standard InChI is InChI=1S/C25H26N2/c1-17-5-10-20(11-6-17)24-16-25(4,21-12-7-18(2)8-13-21)27-22-14-9-19(3)15-23(22)26-24/h5-15,27H,16H2,1-4H3. The molecule has 0 amide bonds. The van der Waals surface area contributed by atoms with E-state index >= 15 is 0 Å². The molecule has 1 atom stereocenters. The van der Waals surface area contributed by atoms with Crippen molar-refractivity contribution >= 4 is 17.1 Å². The first kappa shape index (κ1) is 17.5. The Hall–Kier alpha value is -2.87. The van der Waals surface area contributed by atoms with Gasteiger partial charge in [0.15, 0.2) is 0 Å². The molecule has 1 aliphatic rings. The highest BCUT2D eigenvalue weighted by Gasteiger charge is 2.32. The number of benzene rings is 3. The van der Waals surface area contributed by atoms with Crippen molar-refractivity contribution in [3.05, 3.63) is 94.5 Å². The van der Waals surface area contributed by atoms with Crippen molar-refractivity contribution in [1.29, 1.82) is 0 Å². The first-order valence-corrected chi connectivity index (χ1v) is 9.54. The van der Waals surface area contributed by atoms with Gasteiger partial charge in [-0.25, -0.2) is 0 Å². The van der Waals surface area contributed by atoms with Gasteiger partial charge >= 0.3 is 0 Å². The summed E-state index contributed by atoms with van der Waals surface area (Å²) in [6.07, 6.45) is 0.826. The van der Waals surface area contributed by atoms with Crippen LogP contribution in [0, 0.1) is 20.8 Å². The van der Waals surface area contributed by atoms with Crippen molar-refractivity contribution in [3.63, 3.8) is 0 Å². The molecule has 2 heteroatoms. The van der Waals surface area contributed by atoms with Crippen LogP contribution in [0.25, 0.3) is 0 Å². The summed E-state index contributed by atoms with van der Waals surface area (Å²) < 4.78 is 0. The molecule has 0 fully saturated rings. The number of nitrogens with one attached hydrogen (secondary N) is 1. The van der Waals surface area contributed by atoms with Crippen molar-refractivity contribution < 1.29 is 0 Å². The maximum Gasteiger partial charge on any atom is 0.0867 e. The number of fused-ring (bicyclic) bond motifs is 1. The molecule has 0 spiro atoms. The van der Waals surface area contributed by atoms with Gasteiger partial charge in [0, 0.05) is 6.42 Å². The Balaban J connectivity index is 1.86. The van der Waals surface area contributed by atoms with Crippen LogP contribution in [0.1, 0.15) is 41.2 Å². The number of rotatable bonds is 2. The molecule has 1 heterocycles. The van der Waals surface area contributed by atoms with Crippen molar-refractivity contribution in [1.82, 2.24) is 0 Å². The first-order chi connectivity index (χ1) is 12.9. The number of aliphatic imine (C=N–C) groups is 1. The van der Waals surface area contributed by atoms with Gasteiger partial charge < -0.3 is 5.32 Å². The van der Waals surface area contributed by atoms with Gasteiger partial charge in [-0.15, -0.1) is 0 Å². The lowest BCUT2D eigenvalue weighted by Crippen LogP contribution is -2.33. The lowest BCUT2D eigenvalue weighted by Gasteiger charge is -2.32. The fourth-order valence-electron chi connectivity index (χ4n) is 3.71. The fourth-order valence-corrected chi connectivity index (χ4v) is 3.71. The second kappa shape index (κ2) is 6.70. The molecule has 1 unspecified atom stereocenters. The second-order valence-corrected chi connectivity index (χ2v) is 7.95. The van der Waals surface area contributed by atoms with Gasteiger partial charge in [-0.05, 0) is 56.5 Å². The molecular weight excluding hydrogens is 328 g/mol. The zero-order valence-corrected chi connectivity index (χ0v) is 16.5. The quantitative estimate of drug-likeness (QED) is 0.561. The molecule has 0 radical (unpaired) electrons. The van der Waals surface area contributed by atoms with Crippen LogP contribution in [0.15, 0.2) is 71.7 Å². The van der Waals surface area contributed by atoms with Gasteiger partial charge in [0.1, 0.15) is 0 Å². The zero-order chi connectivity index (χ0) is 19.0. The van der Waals surface area contributed by atoms with Crippen LogP contribution in [-0.2, 0) is 5.54 Å². The summed E-state index contributed by atoms with van der Waals surface area (Å²) in [5, 5.41) is 3.80. The summed E-state index contributed by atoms with van der Waals surface area (Å²) in [5.41, 5.74) is 9.24. The van der Waals surface area contributed by atoms with Gasteiger partial charge in [0.2, 0.25) is 0 Å². The molecular formula is C25H26N2. The van der Waals surface area contributed by atoms with E-state index in [9.17, 15) is 0 Å². The second-order valence-electron chi connectivity index (χ2n) is 7.95. The van der Waals surface area contributed by atoms with Crippen LogP contribution in [0.3, 0.4) is 0 Å². The predicted octanol–water partition coefficient (Wildman–Crippen LogP) is 6.46. The SMILES string of the molecule is Cc1ccc(C2=Nc3cc(C)ccc3NC(C)(c3ccc(C)cc3)C2)cc1. The highest BCUT2D eigenvalue weighted by atomic mass is 15.0. The summed E-state index contributed by atoms with van der Waals surface area (Å²) in [5.74, 6) is 0. The predicted molar refractivity (Wildman–Crippen MR) is 115 cm³/mol. The number of hydrogen-bond donors (Lipinski definition) is 1. The van der Waals surface area contributed by atoms with E-state index in [4.69, 9.17) is 4.99 Å². The van der Waals surface area contributed by atoms with Gasteiger partial charge in [-0.1, -0.05) is 65.7 Å². The topological polar surface area (TPSA) is 24.4 Å². The lowest BCUT2D eigenvalue weighted by molar-refractivity contribution is 0.571. The number of aryl methyl sites for hydroxylation is 3. The molecule has 0 bridgehead atoms.